The Hall–Kier alpha value is -2.02. The highest BCUT2D eigenvalue weighted by Gasteiger charge is 2.46. The SMILES string of the molecule is C=C=CCC(CC=C=C1CCCCC1)(C(=O)OC)C(=O)OC. The van der Waals surface area contributed by atoms with Crippen LogP contribution in [-0.2, 0) is 19.1 Å². The third-order valence-electron chi connectivity index (χ3n) is 3.96. The van der Waals surface area contributed by atoms with Gasteiger partial charge in [0.05, 0.1) is 14.2 Å². The van der Waals surface area contributed by atoms with Crippen molar-refractivity contribution in [2.45, 2.75) is 44.9 Å². The molecule has 0 heterocycles. The average Bonchev–Trinajstić information content (AvgIpc) is 2.57. The number of hydrogen-bond donors (Lipinski definition) is 0. The molecule has 0 aromatic rings. The predicted octanol–water partition coefficient (Wildman–Crippen LogP) is 3.49. The first kappa shape index (κ1) is 18.0. The van der Waals surface area contributed by atoms with E-state index in [1.54, 1.807) is 12.2 Å². The van der Waals surface area contributed by atoms with Gasteiger partial charge >= 0.3 is 11.9 Å². The maximum absolute atomic E-state index is 12.2. The van der Waals surface area contributed by atoms with Gasteiger partial charge in [0.15, 0.2) is 5.41 Å². The van der Waals surface area contributed by atoms with Gasteiger partial charge in [-0.25, -0.2) is 0 Å². The summed E-state index contributed by atoms with van der Waals surface area (Å²) in [4.78, 5) is 24.4. The molecule has 0 aromatic carbocycles. The van der Waals surface area contributed by atoms with Crippen molar-refractivity contribution in [3.05, 3.63) is 35.8 Å². The van der Waals surface area contributed by atoms with Crippen LogP contribution >= 0.6 is 0 Å². The largest absolute Gasteiger partial charge is 0.468 e. The molecule has 0 aromatic heterocycles. The summed E-state index contributed by atoms with van der Waals surface area (Å²) in [6.45, 7) is 3.47. The Balaban J connectivity index is 3.06. The van der Waals surface area contributed by atoms with Crippen LogP contribution < -0.4 is 0 Å². The summed E-state index contributed by atoms with van der Waals surface area (Å²) in [6, 6.07) is 0. The summed E-state index contributed by atoms with van der Waals surface area (Å²) >= 11 is 0. The normalized spacial score (nSPS) is 14.4. The Kier molecular flexibility index (Phi) is 7.45. The van der Waals surface area contributed by atoms with Crippen LogP contribution in [0.4, 0.5) is 0 Å². The van der Waals surface area contributed by atoms with Gasteiger partial charge < -0.3 is 9.47 Å². The molecule has 0 aliphatic heterocycles. The molecule has 1 aliphatic rings. The summed E-state index contributed by atoms with van der Waals surface area (Å²) in [6.07, 6.45) is 9.31. The fourth-order valence-electron chi connectivity index (χ4n) is 2.63. The van der Waals surface area contributed by atoms with Crippen LogP contribution in [0, 0.1) is 5.41 Å². The van der Waals surface area contributed by atoms with Crippen LogP contribution in [0.1, 0.15) is 44.9 Å². The highest BCUT2D eigenvalue weighted by atomic mass is 16.5. The Morgan fingerprint density at radius 1 is 1.09 bits per heavy atom. The Labute approximate surface area is 132 Å². The zero-order valence-corrected chi connectivity index (χ0v) is 13.4. The minimum absolute atomic E-state index is 0.142. The molecule has 0 N–H and O–H groups in total. The first-order valence-electron chi connectivity index (χ1n) is 7.54. The summed E-state index contributed by atoms with van der Waals surface area (Å²) in [5.74, 6) is -1.23. The van der Waals surface area contributed by atoms with Gasteiger partial charge in [-0.05, 0) is 56.3 Å². The topological polar surface area (TPSA) is 52.6 Å². The monoisotopic (exact) mass is 304 g/mol. The molecular weight excluding hydrogens is 280 g/mol. The van der Waals surface area contributed by atoms with E-state index in [0.717, 1.165) is 12.8 Å². The summed E-state index contributed by atoms with van der Waals surface area (Å²) in [7, 11) is 2.53. The van der Waals surface area contributed by atoms with Gasteiger partial charge in [-0.1, -0.05) is 13.0 Å². The molecule has 0 atom stereocenters. The number of allylic oxidation sites excluding steroid dienone is 2. The van der Waals surface area contributed by atoms with Crippen molar-refractivity contribution < 1.29 is 19.1 Å². The highest BCUT2D eigenvalue weighted by molar-refractivity contribution is 6.00. The molecule has 4 heteroatoms. The third kappa shape index (κ3) is 4.49. The van der Waals surface area contributed by atoms with E-state index in [-0.39, 0.29) is 12.8 Å². The second-order valence-electron chi connectivity index (χ2n) is 5.39. The number of hydrogen-bond acceptors (Lipinski definition) is 4. The highest BCUT2D eigenvalue weighted by Crippen LogP contribution is 2.31. The number of rotatable bonds is 6. The minimum Gasteiger partial charge on any atom is -0.468 e. The minimum atomic E-state index is -1.39. The lowest BCUT2D eigenvalue weighted by molar-refractivity contribution is -0.168. The van der Waals surface area contributed by atoms with E-state index in [4.69, 9.17) is 9.47 Å². The zero-order chi connectivity index (χ0) is 16.4. The van der Waals surface area contributed by atoms with E-state index in [0.29, 0.717) is 0 Å². The zero-order valence-electron chi connectivity index (χ0n) is 13.4. The van der Waals surface area contributed by atoms with Gasteiger partial charge in [0.1, 0.15) is 0 Å². The second kappa shape index (κ2) is 9.09. The molecule has 4 nitrogen and oxygen atoms in total. The average molecular weight is 304 g/mol. The van der Waals surface area contributed by atoms with E-state index < -0.39 is 17.4 Å². The van der Waals surface area contributed by atoms with E-state index >= 15 is 0 Å². The molecular formula is C18H24O4. The van der Waals surface area contributed by atoms with Crippen molar-refractivity contribution in [3.8, 4) is 0 Å². The van der Waals surface area contributed by atoms with Crippen molar-refractivity contribution in [1.29, 1.82) is 0 Å². The van der Waals surface area contributed by atoms with Crippen molar-refractivity contribution in [3.63, 3.8) is 0 Å². The lowest BCUT2D eigenvalue weighted by Gasteiger charge is -2.25. The molecule has 0 bridgehead atoms. The van der Waals surface area contributed by atoms with Gasteiger partial charge in [-0.15, -0.1) is 11.5 Å². The second-order valence-corrected chi connectivity index (χ2v) is 5.39. The molecule has 1 saturated carbocycles. The van der Waals surface area contributed by atoms with Crippen LogP contribution in [0.2, 0.25) is 0 Å². The molecule has 0 amide bonds. The van der Waals surface area contributed by atoms with Crippen molar-refractivity contribution >= 4 is 11.9 Å². The fraction of sp³-hybridized carbons (Fsp3) is 0.556. The van der Waals surface area contributed by atoms with Crippen molar-refractivity contribution in [2.75, 3.05) is 14.2 Å². The van der Waals surface area contributed by atoms with E-state index in [1.165, 1.54) is 39.1 Å². The van der Waals surface area contributed by atoms with Crippen molar-refractivity contribution in [1.82, 2.24) is 0 Å². The van der Waals surface area contributed by atoms with E-state index in [1.807, 2.05) is 0 Å². The number of methoxy groups -OCH3 is 2. The maximum atomic E-state index is 12.2. The van der Waals surface area contributed by atoms with Gasteiger partial charge in [-0.2, -0.15) is 0 Å². The van der Waals surface area contributed by atoms with Gasteiger partial charge in [0.2, 0.25) is 0 Å². The number of carbonyl (C=O) groups is 2. The van der Waals surface area contributed by atoms with Gasteiger partial charge in [0.25, 0.3) is 0 Å². The molecule has 22 heavy (non-hydrogen) atoms. The molecule has 1 fully saturated rings. The first-order valence-corrected chi connectivity index (χ1v) is 7.54. The van der Waals surface area contributed by atoms with Gasteiger partial charge in [-0.3, -0.25) is 9.59 Å². The molecule has 0 saturated heterocycles. The lowest BCUT2D eigenvalue weighted by Crippen LogP contribution is -2.40. The summed E-state index contributed by atoms with van der Waals surface area (Å²) < 4.78 is 9.63. The molecule has 1 aliphatic carbocycles. The maximum Gasteiger partial charge on any atom is 0.323 e. The van der Waals surface area contributed by atoms with Gasteiger partial charge in [0, 0.05) is 0 Å². The third-order valence-corrected chi connectivity index (χ3v) is 3.96. The fourth-order valence-corrected chi connectivity index (χ4v) is 2.63. The Morgan fingerprint density at radius 2 is 1.64 bits per heavy atom. The van der Waals surface area contributed by atoms with Crippen LogP contribution in [-0.4, -0.2) is 26.2 Å². The smallest absolute Gasteiger partial charge is 0.323 e. The quantitative estimate of drug-likeness (QED) is 0.428. The summed E-state index contributed by atoms with van der Waals surface area (Å²) in [5.41, 5.74) is 5.68. The molecule has 0 unspecified atom stereocenters. The van der Waals surface area contributed by atoms with Crippen molar-refractivity contribution in [2.24, 2.45) is 5.41 Å². The Morgan fingerprint density at radius 3 is 2.14 bits per heavy atom. The van der Waals surface area contributed by atoms with E-state index in [2.05, 4.69) is 18.0 Å². The Bertz CT molecular complexity index is 493. The standard InChI is InChI=1S/C18H24O4/c1-4-5-13-18(16(19)21-2,17(20)22-3)14-9-12-15-10-7-6-8-11-15/h5,9H,1,6-8,10-11,13-14H2,2-3H3. The van der Waals surface area contributed by atoms with Crippen LogP contribution in [0.3, 0.4) is 0 Å². The molecule has 0 radical (unpaired) electrons. The van der Waals surface area contributed by atoms with Crippen LogP contribution in [0.15, 0.2) is 35.8 Å². The molecule has 120 valence electrons. The lowest BCUT2D eigenvalue weighted by atomic mass is 9.80. The van der Waals surface area contributed by atoms with Crippen LogP contribution in [0.5, 0.6) is 0 Å². The number of carbonyl (C=O) groups excluding carboxylic acids is 2. The number of esters is 2. The molecule has 1 rings (SSSR count). The van der Waals surface area contributed by atoms with Crippen LogP contribution in [0.25, 0.3) is 0 Å². The number of ether oxygens (including phenoxy) is 2. The molecule has 0 spiro atoms. The first-order chi connectivity index (χ1) is 10.6. The van der Waals surface area contributed by atoms with E-state index in [9.17, 15) is 9.59 Å². The summed E-state index contributed by atoms with van der Waals surface area (Å²) in [5, 5.41) is 0. The predicted molar refractivity (Wildman–Crippen MR) is 84.1 cm³/mol.